The second-order valence-corrected chi connectivity index (χ2v) is 3.90. The molecule has 0 unspecified atom stereocenters. The third kappa shape index (κ3) is 5.33. The maximum atomic E-state index is 11.2. The molecular formula is C13H21NO4. The number of rotatable bonds is 9. The Hall–Kier alpha value is -1.33. The molecule has 0 saturated heterocycles. The monoisotopic (exact) mass is 255 g/mol. The number of methoxy groups -OCH3 is 1. The number of hydrogen-bond acceptors (Lipinski definition) is 5. The summed E-state index contributed by atoms with van der Waals surface area (Å²) in [6.45, 7) is 5.14. The van der Waals surface area contributed by atoms with Crippen molar-refractivity contribution < 1.29 is 18.7 Å². The molecule has 0 amide bonds. The standard InChI is InChI=1S/C13H21NO4/c1-3-8-17-9-4-7-14-10-11-5-6-12(18-11)13(15)16-2/h5-6,14H,3-4,7-10H2,1-2H3. The fourth-order valence-corrected chi connectivity index (χ4v) is 1.44. The van der Waals surface area contributed by atoms with Gasteiger partial charge in [0.1, 0.15) is 5.76 Å². The number of carbonyl (C=O) groups excluding carboxylic acids is 1. The van der Waals surface area contributed by atoms with Crippen LogP contribution in [0, 0.1) is 0 Å². The van der Waals surface area contributed by atoms with E-state index < -0.39 is 5.97 Å². The molecule has 1 heterocycles. The van der Waals surface area contributed by atoms with E-state index in [9.17, 15) is 4.79 Å². The Morgan fingerprint density at radius 2 is 2.22 bits per heavy atom. The minimum absolute atomic E-state index is 0.237. The zero-order valence-corrected chi connectivity index (χ0v) is 11.0. The molecule has 1 rings (SSSR count). The summed E-state index contributed by atoms with van der Waals surface area (Å²) in [5, 5.41) is 3.22. The fraction of sp³-hybridized carbons (Fsp3) is 0.615. The average Bonchev–Trinajstić information content (AvgIpc) is 2.85. The predicted octanol–water partition coefficient (Wildman–Crippen LogP) is 1.97. The van der Waals surface area contributed by atoms with Gasteiger partial charge in [-0.3, -0.25) is 0 Å². The van der Waals surface area contributed by atoms with Crippen molar-refractivity contribution in [1.82, 2.24) is 5.32 Å². The van der Waals surface area contributed by atoms with Crippen LogP contribution in [-0.4, -0.2) is 32.8 Å². The first-order valence-electron chi connectivity index (χ1n) is 6.23. The zero-order chi connectivity index (χ0) is 13.2. The first-order valence-corrected chi connectivity index (χ1v) is 6.23. The lowest BCUT2D eigenvalue weighted by molar-refractivity contribution is 0.0563. The van der Waals surface area contributed by atoms with Crippen molar-refractivity contribution in [3.8, 4) is 0 Å². The minimum atomic E-state index is -0.450. The van der Waals surface area contributed by atoms with Crippen molar-refractivity contribution in [2.24, 2.45) is 0 Å². The summed E-state index contributed by atoms with van der Waals surface area (Å²) >= 11 is 0. The van der Waals surface area contributed by atoms with Crippen LogP contribution >= 0.6 is 0 Å². The van der Waals surface area contributed by atoms with Gasteiger partial charge in [-0.2, -0.15) is 0 Å². The number of hydrogen-bond donors (Lipinski definition) is 1. The van der Waals surface area contributed by atoms with Crippen LogP contribution < -0.4 is 5.32 Å². The molecule has 5 nitrogen and oxygen atoms in total. The van der Waals surface area contributed by atoms with Crippen LogP contribution in [0.15, 0.2) is 16.5 Å². The van der Waals surface area contributed by atoms with Crippen molar-refractivity contribution in [3.05, 3.63) is 23.7 Å². The Morgan fingerprint density at radius 3 is 2.94 bits per heavy atom. The van der Waals surface area contributed by atoms with Crippen LogP contribution in [0.4, 0.5) is 0 Å². The molecule has 0 aliphatic rings. The van der Waals surface area contributed by atoms with Gasteiger partial charge < -0.3 is 19.2 Å². The highest BCUT2D eigenvalue weighted by atomic mass is 16.5. The third-order valence-electron chi connectivity index (χ3n) is 2.34. The molecule has 102 valence electrons. The molecule has 5 heteroatoms. The highest BCUT2D eigenvalue weighted by Gasteiger charge is 2.10. The minimum Gasteiger partial charge on any atom is -0.463 e. The lowest BCUT2D eigenvalue weighted by Gasteiger charge is -2.03. The molecule has 18 heavy (non-hydrogen) atoms. The molecule has 0 atom stereocenters. The van der Waals surface area contributed by atoms with Crippen LogP contribution in [0.2, 0.25) is 0 Å². The fourth-order valence-electron chi connectivity index (χ4n) is 1.44. The number of esters is 1. The molecule has 0 aliphatic carbocycles. The van der Waals surface area contributed by atoms with E-state index in [2.05, 4.69) is 17.0 Å². The second-order valence-electron chi connectivity index (χ2n) is 3.90. The Labute approximate surface area is 107 Å². The van der Waals surface area contributed by atoms with Gasteiger partial charge in [0.15, 0.2) is 0 Å². The molecule has 0 bridgehead atoms. The van der Waals surface area contributed by atoms with Gasteiger partial charge >= 0.3 is 5.97 Å². The topological polar surface area (TPSA) is 60.7 Å². The highest BCUT2D eigenvalue weighted by Crippen LogP contribution is 2.08. The van der Waals surface area contributed by atoms with Crippen LogP contribution in [0.5, 0.6) is 0 Å². The van der Waals surface area contributed by atoms with Crippen molar-refractivity contribution >= 4 is 5.97 Å². The number of furan rings is 1. The second kappa shape index (κ2) is 8.72. The van der Waals surface area contributed by atoms with Gasteiger partial charge in [-0.1, -0.05) is 6.92 Å². The van der Waals surface area contributed by atoms with Gasteiger partial charge in [0, 0.05) is 13.2 Å². The SMILES string of the molecule is CCCOCCCNCc1ccc(C(=O)OC)o1. The van der Waals surface area contributed by atoms with E-state index in [0.717, 1.165) is 38.4 Å². The number of carbonyl (C=O) groups is 1. The summed E-state index contributed by atoms with van der Waals surface area (Å²) in [5.41, 5.74) is 0. The van der Waals surface area contributed by atoms with Crippen molar-refractivity contribution in [1.29, 1.82) is 0 Å². The molecule has 0 aromatic carbocycles. The van der Waals surface area contributed by atoms with Crippen molar-refractivity contribution in [2.45, 2.75) is 26.3 Å². The largest absolute Gasteiger partial charge is 0.463 e. The quantitative estimate of drug-likeness (QED) is 0.540. The molecule has 0 saturated carbocycles. The molecule has 0 spiro atoms. The smallest absolute Gasteiger partial charge is 0.373 e. The summed E-state index contributed by atoms with van der Waals surface area (Å²) in [4.78, 5) is 11.2. The summed E-state index contributed by atoms with van der Waals surface area (Å²) in [7, 11) is 1.33. The van der Waals surface area contributed by atoms with E-state index in [-0.39, 0.29) is 5.76 Å². The molecule has 1 aromatic heterocycles. The van der Waals surface area contributed by atoms with E-state index in [1.807, 2.05) is 0 Å². The van der Waals surface area contributed by atoms with Crippen LogP contribution in [-0.2, 0) is 16.0 Å². The summed E-state index contributed by atoms with van der Waals surface area (Å²) < 4.78 is 15.2. The van der Waals surface area contributed by atoms with Crippen molar-refractivity contribution in [2.75, 3.05) is 26.9 Å². The van der Waals surface area contributed by atoms with E-state index in [1.165, 1.54) is 7.11 Å². The molecule has 0 radical (unpaired) electrons. The number of ether oxygens (including phenoxy) is 2. The molecule has 0 fully saturated rings. The normalized spacial score (nSPS) is 10.6. The van der Waals surface area contributed by atoms with E-state index >= 15 is 0 Å². The molecular weight excluding hydrogens is 234 g/mol. The third-order valence-corrected chi connectivity index (χ3v) is 2.34. The van der Waals surface area contributed by atoms with Gasteiger partial charge in [0.2, 0.25) is 5.76 Å². The summed E-state index contributed by atoms with van der Waals surface area (Å²) in [6.07, 6.45) is 2.01. The van der Waals surface area contributed by atoms with Gasteiger partial charge in [0.05, 0.1) is 13.7 Å². The van der Waals surface area contributed by atoms with Gasteiger partial charge in [-0.25, -0.2) is 4.79 Å². The number of nitrogens with one attached hydrogen (secondary N) is 1. The van der Waals surface area contributed by atoms with Gasteiger partial charge in [-0.05, 0) is 31.5 Å². The average molecular weight is 255 g/mol. The Bertz CT molecular complexity index is 349. The first kappa shape index (κ1) is 14.7. The van der Waals surface area contributed by atoms with Crippen LogP contribution in [0.1, 0.15) is 36.1 Å². The van der Waals surface area contributed by atoms with Gasteiger partial charge in [0.25, 0.3) is 0 Å². The zero-order valence-electron chi connectivity index (χ0n) is 11.0. The summed E-state index contributed by atoms with van der Waals surface area (Å²) in [5.74, 6) is 0.514. The van der Waals surface area contributed by atoms with Crippen molar-refractivity contribution in [3.63, 3.8) is 0 Å². The maximum Gasteiger partial charge on any atom is 0.373 e. The molecule has 0 aliphatic heterocycles. The van der Waals surface area contributed by atoms with Crippen LogP contribution in [0.3, 0.4) is 0 Å². The maximum absolute atomic E-state index is 11.2. The molecule has 1 aromatic rings. The van der Waals surface area contributed by atoms with E-state index in [0.29, 0.717) is 6.54 Å². The Kier molecular flexibility index (Phi) is 7.13. The van der Waals surface area contributed by atoms with Gasteiger partial charge in [-0.15, -0.1) is 0 Å². The predicted molar refractivity (Wildman–Crippen MR) is 67.5 cm³/mol. The van der Waals surface area contributed by atoms with E-state index in [4.69, 9.17) is 9.15 Å². The van der Waals surface area contributed by atoms with E-state index in [1.54, 1.807) is 12.1 Å². The highest BCUT2D eigenvalue weighted by molar-refractivity contribution is 5.86. The molecule has 1 N–H and O–H groups in total. The first-order chi connectivity index (χ1) is 8.77. The Balaban J connectivity index is 2.12. The lowest BCUT2D eigenvalue weighted by atomic mass is 10.4. The Morgan fingerprint density at radius 1 is 1.39 bits per heavy atom. The van der Waals surface area contributed by atoms with Crippen LogP contribution in [0.25, 0.3) is 0 Å². The lowest BCUT2D eigenvalue weighted by Crippen LogP contribution is -2.16. The summed E-state index contributed by atoms with van der Waals surface area (Å²) in [6, 6.07) is 3.39.